The lowest BCUT2D eigenvalue weighted by molar-refractivity contribution is 0.174. The highest BCUT2D eigenvalue weighted by molar-refractivity contribution is 5.29. The van der Waals surface area contributed by atoms with Crippen LogP contribution in [0.5, 0.6) is 0 Å². The molecule has 2 fully saturated rings. The molecule has 21 heavy (non-hydrogen) atoms. The van der Waals surface area contributed by atoms with Crippen molar-refractivity contribution < 1.29 is 9.84 Å². The molecule has 0 spiro atoms. The summed E-state index contributed by atoms with van der Waals surface area (Å²) in [5.41, 5.74) is 3.69. The Bertz CT molecular complexity index is 484. The van der Waals surface area contributed by atoms with E-state index >= 15 is 0 Å². The van der Waals surface area contributed by atoms with Gasteiger partial charge in [0.1, 0.15) is 0 Å². The van der Waals surface area contributed by atoms with Gasteiger partial charge in [-0.25, -0.2) is 0 Å². The molecule has 0 bridgehead atoms. The van der Waals surface area contributed by atoms with Crippen LogP contribution in [-0.2, 0) is 11.3 Å². The molecular formula is C17H26N2O2. The Morgan fingerprint density at radius 2 is 2.24 bits per heavy atom. The third-order valence-electron chi connectivity index (χ3n) is 4.61. The molecule has 1 aromatic rings. The van der Waals surface area contributed by atoms with Crippen molar-refractivity contribution in [1.29, 1.82) is 0 Å². The second-order valence-electron chi connectivity index (χ2n) is 6.66. The van der Waals surface area contributed by atoms with Crippen molar-refractivity contribution in [2.24, 2.45) is 0 Å². The third-order valence-corrected chi connectivity index (χ3v) is 4.61. The van der Waals surface area contributed by atoms with Crippen LogP contribution in [0.4, 0.5) is 0 Å². The van der Waals surface area contributed by atoms with E-state index in [9.17, 15) is 5.11 Å². The first-order chi connectivity index (χ1) is 10.1. The summed E-state index contributed by atoms with van der Waals surface area (Å²) in [6, 6.07) is 4.42. The molecule has 4 heteroatoms. The number of aliphatic hydroxyl groups excluding tert-OH is 1. The SMILES string of the molecule is CC(C)c1ccc(C2CCOC2)c(CN2CC[C@H](O)C2)n1. The molecule has 1 aromatic heterocycles. The number of nitrogens with zero attached hydrogens (tertiary/aromatic N) is 2. The van der Waals surface area contributed by atoms with E-state index in [1.807, 2.05) is 0 Å². The van der Waals surface area contributed by atoms with Crippen LogP contribution in [0.25, 0.3) is 0 Å². The molecule has 0 radical (unpaired) electrons. The topological polar surface area (TPSA) is 45.6 Å². The van der Waals surface area contributed by atoms with E-state index in [-0.39, 0.29) is 6.10 Å². The van der Waals surface area contributed by atoms with Gasteiger partial charge in [-0.15, -0.1) is 0 Å². The van der Waals surface area contributed by atoms with Crippen molar-refractivity contribution >= 4 is 0 Å². The number of ether oxygens (including phenoxy) is 1. The van der Waals surface area contributed by atoms with Gasteiger partial charge < -0.3 is 9.84 Å². The zero-order valence-electron chi connectivity index (χ0n) is 13.1. The highest BCUT2D eigenvalue weighted by Crippen LogP contribution is 2.29. The summed E-state index contributed by atoms with van der Waals surface area (Å²) in [5.74, 6) is 0.933. The molecular weight excluding hydrogens is 264 g/mol. The Hall–Kier alpha value is -0.970. The Kier molecular flexibility index (Phi) is 4.57. The van der Waals surface area contributed by atoms with Gasteiger partial charge in [0.25, 0.3) is 0 Å². The van der Waals surface area contributed by atoms with Crippen molar-refractivity contribution in [3.8, 4) is 0 Å². The predicted molar refractivity (Wildman–Crippen MR) is 82.4 cm³/mol. The van der Waals surface area contributed by atoms with E-state index in [0.29, 0.717) is 11.8 Å². The first-order valence-electron chi connectivity index (χ1n) is 8.11. The van der Waals surface area contributed by atoms with Crippen LogP contribution in [-0.4, -0.2) is 47.4 Å². The number of hydrogen-bond acceptors (Lipinski definition) is 4. The molecule has 2 saturated heterocycles. The third kappa shape index (κ3) is 3.44. The van der Waals surface area contributed by atoms with E-state index in [2.05, 4.69) is 30.9 Å². The van der Waals surface area contributed by atoms with Gasteiger partial charge in [0.15, 0.2) is 0 Å². The summed E-state index contributed by atoms with van der Waals surface area (Å²) in [5, 5.41) is 9.72. The maximum absolute atomic E-state index is 9.72. The normalized spacial score (nSPS) is 26.9. The molecule has 1 unspecified atom stereocenters. The molecule has 3 heterocycles. The molecule has 0 amide bonds. The van der Waals surface area contributed by atoms with Gasteiger partial charge in [-0.3, -0.25) is 9.88 Å². The average Bonchev–Trinajstić information content (AvgIpc) is 3.10. The standard InChI is InChI=1S/C17H26N2O2/c1-12(2)16-4-3-15(13-6-8-21-11-13)17(18-16)10-19-7-5-14(20)9-19/h3-4,12-14,20H,5-11H2,1-2H3/t13?,14-/m0/s1. The van der Waals surface area contributed by atoms with Crippen LogP contribution in [0.3, 0.4) is 0 Å². The van der Waals surface area contributed by atoms with Crippen molar-refractivity contribution in [3.05, 3.63) is 29.1 Å². The van der Waals surface area contributed by atoms with Gasteiger partial charge in [-0.2, -0.15) is 0 Å². The Morgan fingerprint density at radius 1 is 1.38 bits per heavy atom. The van der Waals surface area contributed by atoms with Crippen LogP contribution in [0, 0.1) is 0 Å². The van der Waals surface area contributed by atoms with Gasteiger partial charge in [0.05, 0.1) is 18.4 Å². The molecule has 116 valence electrons. The van der Waals surface area contributed by atoms with Crippen LogP contribution in [0.1, 0.15) is 55.5 Å². The minimum absolute atomic E-state index is 0.170. The molecule has 4 nitrogen and oxygen atoms in total. The number of hydrogen-bond donors (Lipinski definition) is 1. The first-order valence-corrected chi connectivity index (χ1v) is 8.11. The number of β-amino-alcohol motifs (C(OH)–C–C–N with tert-alkyl or cyclic N) is 1. The molecule has 2 atom stereocenters. The zero-order valence-corrected chi connectivity index (χ0v) is 13.1. The quantitative estimate of drug-likeness (QED) is 0.924. The van der Waals surface area contributed by atoms with Crippen molar-refractivity contribution in [2.45, 2.75) is 51.2 Å². The lowest BCUT2D eigenvalue weighted by Gasteiger charge is -2.20. The van der Waals surface area contributed by atoms with Crippen LogP contribution < -0.4 is 0 Å². The van der Waals surface area contributed by atoms with Crippen molar-refractivity contribution in [1.82, 2.24) is 9.88 Å². The first kappa shape index (κ1) is 14.9. The fraction of sp³-hybridized carbons (Fsp3) is 0.706. The Labute approximate surface area is 127 Å². The maximum Gasteiger partial charge on any atom is 0.0679 e. The smallest absolute Gasteiger partial charge is 0.0679 e. The molecule has 2 aliphatic rings. The van der Waals surface area contributed by atoms with Crippen LogP contribution in [0.15, 0.2) is 12.1 Å². The van der Waals surface area contributed by atoms with E-state index in [1.54, 1.807) is 0 Å². The number of rotatable bonds is 4. The van der Waals surface area contributed by atoms with Gasteiger partial charge >= 0.3 is 0 Å². The van der Waals surface area contributed by atoms with Gasteiger partial charge in [-0.05, 0) is 30.4 Å². The summed E-state index contributed by atoms with van der Waals surface area (Å²) in [7, 11) is 0. The molecule has 0 aromatic carbocycles. The Balaban J connectivity index is 1.84. The second-order valence-corrected chi connectivity index (χ2v) is 6.66. The number of likely N-dealkylation sites (tertiary alicyclic amines) is 1. The summed E-state index contributed by atoms with van der Waals surface area (Å²) in [6.07, 6.45) is 1.81. The Morgan fingerprint density at radius 3 is 2.86 bits per heavy atom. The number of aliphatic hydroxyl groups is 1. The average molecular weight is 290 g/mol. The lowest BCUT2D eigenvalue weighted by Crippen LogP contribution is -2.23. The monoisotopic (exact) mass is 290 g/mol. The maximum atomic E-state index is 9.72. The summed E-state index contributed by atoms with van der Waals surface area (Å²) < 4.78 is 5.55. The number of pyridine rings is 1. The summed E-state index contributed by atoms with van der Waals surface area (Å²) in [6.45, 7) is 8.64. The van der Waals surface area contributed by atoms with Crippen LogP contribution in [0.2, 0.25) is 0 Å². The minimum atomic E-state index is -0.170. The second kappa shape index (κ2) is 6.42. The van der Waals surface area contributed by atoms with Gasteiger partial charge in [0.2, 0.25) is 0 Å². The fourth-order valence-electron chi connectivity index (χ4n) is 3.30. The van der Waals surface area contributed by atoms with Gasteiger partial charge in [-0.1, -0.05) is 19.9 Å². The largest absolute Gasteiger partial charge is 0.392 e. The molecule has 3 rings (SSSR count). The lowest BCUT2D eigenvalue weighted by atomic mass is 9.95. The summed E-state index contributed by atoms with van der Waals surface area (Å²) >= 11 is 0. The minimum Gasteiger partial charge on any atom is -0.392 e. The molecule has 0 saturated carbocycles. The molecule has 0 aliphatic carbocycles. The zero-order chi connectivity index (χ0) is 14.8. The molecule has 1 N–H and O–H groups in total. The van der Waals surface area contributed by atoms with E-state index in [1.165, 1.54) is 11.3 Å². The molecule has 2 aliphatic heterocycles. The van der Waals surface area contributed by atoms with Crippen LogP contribution >= 0.6 is 0 Å². The van der Waals surface area contributed by atoms with E-state index < -0.39 is 0 Å². The summed E-state index contributed by atoms with van der Waals surface area (Å²) in [4.78, 5) is 7.24. The predicted octanol–water partition coefficient (Wildman–Crippen LogP) is 2.28. The highest BCUT2D eigenvalue weighted by Gasteiger charge is 2.25. The van der Waals surface area contributed by atoms with E-state index in [4.69, 9.17) is 9.72 Å². The fourth-order valence-corrected chi connectivity index (χ4v) is 3.30. The number of aromatic nitrogens is 1. The highest BCUT2D eigenvalue weighted by atomic mass is 16.5. The van der Waals surface area contributed by atoms with Crippen molar-refractivity contribution in [2.75, 3.05) is 26.3 Å². The van der Waals surface area contributed by atoms with Crippen molar-refractivity contribution in [3.63, 3.8) is 0 Å². The van der Waals surface area contributed by atoms with E-state index in [0.717, 1.165) is 51.4 Å². The van der Waals surface area contributed by atoms with Gasteiger partial charge in [0, 0.05) is 37.9 Å².